The highest BCUT2D eigenvalue weighted by Crippen LogP contribution is 2.27. The average molecular weight is 502 g/mol. The van der Waals surface area contributed by atoms with Crippen LogP contribution in [0.15, 0.2) is 72.8 Å². The molecule has 1 heterocycles. The second-order valence-corrected chi connectivity index (χ2v) is 8.87. The van der Waals surface area contributed by atoms with E-state index in [0.717, 1.165) is 11.1 Å². The van der Waals surface area contributed by atoms with Gasteiger partial charge in [0.15, 0.2) is 0 Å². The summed E-state index contributed by atoms with van der Waals surface area (Å²) in [5.74, 6) is 0.866. The first-order valence-electron chi connectivity index (χ1n) is 12.0. The normalized spacial score (nSPS) is 12.5. The minimum Gasteiger partial charge on any atom is -0.497 e. The van der Waals surface area contributed by atoms with Gasteiger partial charge in [0, 0.05) is 12.2 Å². The van der Waals surface area contributed by atoms with E-state index in [9.17, 15) is 9.59 Å². The lowest BCUT2D eigenvalue weighted by atomic mass is 9.93. The van der Waals surface area contributed by atoms with Gasteiger partial charge in [0.05, 0.1) is 19.7 Å². The molecule has 1 aromatic heterocycles. The number of carbonyl (C=O) groups excluding carboxylic acids is 2. The van der Waals surface area contributed by atoms with Crippen molar-refractivity contribution in [2.75, 3.05) is 19.5 Å². The topological polar surface area (TPSA) is 98.6 Å². The van der Waals surface area contributed by atoms with Crippen molar-refractivity contribution in [2.24, 2.45) is 0 Å². The molecule has 9 heteroatoms. The Morgan fingerprint density at radius 2 is 1.57 bits per heavy atom. The molecule has 37 heavy (non-hydrogen) atoms. The van der Waals surface area contributed by atoms with Crippen molar-refractivity contribution in [2.45, 2.75) is 38.9 Å². The third kappa shape index (κ3) is 5.55. The predicted molar refractivity (Wildman–Crippen MR) is 141 cm³/mol. The van der Waals surface area contributed by atoms with E-state index in [1.807, 2.05) is 55.5 Å². The van der Waals surface area contributed by atoms with Crippen molar-refractivity contribution in [1.29, 1.82) is 0 Å². The Morgan fingerprint density at radius 3 is 2.19 bits per heavy atom. The smallest absolute Gasteiger partial charge is 0.250 e. The number of anilines is 1. The van der Waals surface area contributed by atoms with Crippen molar-refractivity contribution in [3.05, 3.63) is 78.4 Å². The molecule has 4 aromatic rings. The number of nitrogens with zero attached hydrogens (tertiary/aromatic N) is 4. The molecular formula is C28H31N5O4. The van der Waals surface area contributed by atoms with Gasteiger partial charge in [-0.25, -0.2) is 4.68 Å². The largest absolute Gasteiger partial charge is 0.497 e. The number of carbonyl (C=O) groups is 2. The number of ether oxygens (including phenoxy) is 2. The number of hydrogen-bond donors (Lipinski definition) is 1. The Balaban J connectivity index is 1.65. The Kier molecular flexibility index (Phi) is 7.71. The third-order valence-corrected chi connectivity index (χ3v) is 6.63. The highest BCUT2D eigenvalue weighted by Gasteiger charge is 2.41. The van der Waals surface area contributed by atoms with E-state index in [1.165, 1.54) is 0 Å². The van der Waals surface area contributed by atoms with Crippen LogP contribution in [0, 0.1) is 0 Å². The van der Waals surface area contributed by atoms with Crippen molar-refractivity contribution in [1.82, 2.24) is 19.9 Å². The standard InChI is InChI=1S/C28H31N5O4/c1-5-28(2,27(35)29-21-12-16-23(37-4)17-13-21)32(18-20-10-14-22(36-3)15-11-20)26(34)19-33-25-9-7-6-8-24(25)30-31-33/h6-17H,5,18-19H2,1-4H3,(H,29,35). The van der Waals surface area contributed by atoms with E-state index < -0.39 is 5.54 Å². The summed E-state index contributed by atoms with van der Waals surface area (Å²) in [4.78, 5) is 29.1. The molecule has 0 fully saturated rings. The van der Waals surface area contributed by atoms with Gasteiger partial charge in [-0.2, -0.15) is 0 Å². The van der Waals surface area contributed by atoms with E-state index in [2.05, 4.69) is 15.6 Å². The number of fused-ring (bicyclic) bond motifs is 1. The van der Waals surface area contributed by atoms with Crippen LogP contribution in [0.5, 0.6) is 11.5 Å². The Labute approximate surface area is 216 Å². The van der Waals surface area contributed by atoms with E-state index in [4.69, 9.17) is 9.47 Å². The number of hydrogen-bond acceptors (Lipinski definition) is 6. The summed E-state index contributed by atoms with van der Waals surface area (Å²) in [5, 5.41) is 11.3. The molecule has 0 saturated heterocycles. The number of aromatic nitrogens is 3. The van der Waals surface area contributed by atoms with Crippen LogP contribution in [0.25, 0.3) is 11.0 Å². The highest BCUT2D eigenvalue weighted by atomic mass is 16.5. The van der Waals surface area contributed by atoms with Gasteiger partial charge in [0.1, 0.15) is 29.1 Å². The summed E-state index contributed by atoms with van der Waals surface area (Å²) in [6.07, 6.45) is 0.398. The Bertz CT molecular complexity index is 1370. The van der Waals surface area contributed by atoms with Crippen LogP contribution in [-0.4, -0.2) is 51.5 Å². The van der Waals surface area contributed by atoms with Gasteiger partial charge in [-0.1, -0.05) is 36.4 Å². The molecule has 0 radical (unpaired) electrons. The zero-order valence-corrected chi connectivity index (χ0v) is 21.5. The predicted octanol–water partition coefficient (Wildman–Crippen LogP) is 4.28. The van der Waals surface area contributed by atoms with E-state index in [0.29, 0.717) is 29.1 Å². The second kappa shape index (κ2) is 11.1. The van der Waals surface area contributed by atoms with Crippen molar-refractivity contribution >= 4 is 28.5 Å². The van der Waals surface area contributed by atoms with Crippen LogP contribution >= 0.6 is 0 Å². The molecule has 9 nitrogen and oxygen atoms in total. The molecule has 3 aromatic carbocycles. The van der Waals surface area contributed by atoms with Crippen molar-refractivity contribution in [3.63, 3.8) is 0 Å². The van der Waals surface area contributed by atoms with Gasteiger partial charge in [-0.15, -0.1) is 5.10 Å². The van der Waals surface area contributed by atoms with Gasteiger partial charge in [-0.3, -0.25) is 9.59 Å². The van der Waals surface area contributed by atoms with Crippen LogP contribution < -0.4 is 14.8 Å². The van der Waals surface area contributed by atoms with Crippen molar-refractivity contribution < 1.29 is 19.1 Å². The Hall–Kier alpha value is -4.40. The molecule has 1 atom stereocenters. The molecule has 4 rings (SSSR count). The molecule has 0 aliphatic heterocycles. The molecular weight excluding hydrogens is 470 g/mol. The van der Waals surface area contributed by atoms with Crippen LogP contribution in [-0.2, 0) is 22.7 Å². The molecule has 2 amide bonds. The van der Waals surface area contributed by atoms with E-state index >= 15 is 0 Å². The van der Waals surface area contributed by atoms with E-state index in [1.54, 1.807) is 55.0 Å². The van der Waals surface area contributed by atoms with Crippen molar-refractivity contribution in [3.8, 4) is 11.5 Å². The molecule has 192 valence electrons. The first kappa shape index (κ1) is 25.7. The Morgan fingerprint density at radius 1 is 0.946 bits per heavy atom. The SMILES string of the molecule is CCC(C)(C(=O)Nc1ccc(OC)cc1)N(Cc1ccc(OC)cc1)C(=O)Cn1nnc2ccccc21. The minimum atomic E-state index is -1.15. The number of rotatable bonds is 10. The van der Waals surface area contributed by atoms with Gasteiger partial charge >= 0.3 is 0 Å². The molecule has 0 bridgehead atoms. The maximum Gasteiger partial charge on any atom is 0.250 e. The number of benzene rings is 3. The fourth-order valence-corrected chi connectivity index (χ4v) is 4.11. The second-order valence-electron chi connectivity index (χ2n) is 8.87. The summed E-state index contributed by atoms with van der Waals surface area (Å²) in [6, 6.07) is 22.0. The van der Waals surface area contributed by atoms with E-state index in [-0.39, 0.29) is 24.9 Å². The third-order valence-electron chi connectivity index (χ3n) is 6.63. The number of para-hydroxylation sites is 1. The lowest BCUT2D eigenvalue weighted by molar-refractivity contribution is -0.146. The fourth-order valence-electron chi connectivity index (χ4n) is 4.11. The quantitative estimate of drug-likeness (QED) is 0.348. The fraction of sp³-hybridized carbons (Fsp3) is 0.286. The monoisotopic (exact) mass is 501 g/mol. The molecule has 1 unspecified atom stereocenters. The van der Waals surface area contributed by atoms with Crippen LogP contribution in [0.1, 0.15) is 25.8 Å². The van der Waals surface area contributed by atoms with Crippen LogP contribution in [0.2, 0.25) is 0 Å². The average Bonchev–Trinajstić information content (AvgIpc) is 3.34. The van der Waals surface area contributed by atoms with Crippen LogP contribution in [0.3, 0.4) is 0 Å². The van der Waals surface area contributed by atoms with Crippen LogP contribution in [0.4, 0.5) is 5.69 Å². The summed E-state index contributed by atoms with van der Waals surface area (Å²) in [6.45, 7) is 3.86. The maximum absolute atomic E-state index is 13.8. The molecule has 0 aliphatic rings. The lowest BCUT2D eigenvalue weighted by Gasteiger charge is -2.39. The zero-order chi connectivity index (χ0) is 26.4. The zero-order valence-electron chi connectivity index (χ0n) is 21.5. The molecule has 0 saturated carbocycles. The maximum atomic E-state index is 13.8. The highest BCUT2D eigenvalue weighted by molar-refractivity contribution is 6.00. The van der Waals surface area contributed by atoms with Gasteiger partial charge < -0.3 is 19.7 Å². The first-order chi connectivity index (χ1) is 17.9. The number of methoxy groups -OCH3 is 2. The summed E-state index contributed by atoms with van der Waals surface area (Å²) in [7, 11) is 3.19. The molecule has 0 aliphatic carbocycles. The first-order valence-corrected chi connectivity index (χ1v) is 12.0. The van der Waals surface area contributed by atoms with Gasteiger partial charge in [0.25, 0.3) is 0 Å². The summed E-state index contributed by atoms with van der Waals surface area (Å²) < 4.78 is 12.0. The molecule has 1 N–H and O–H groups in total. The number of nitrogens with one attached hydrogen (secondary N) is 1. The van der Waals surface area contributed by atoms with Gasteiger partial charge in [0.2, 0.25) is 11.8 Å². The summed E-state index contributed by atoms with van der Waals surface area (Å²) >= 11 is 0. The summed E-state index contributed by atoms with van der Waals surface area (Å²) in [5.41, 5.74) is 1.79. The minimum absolute atomic E-state index is 0.0535. The molecule has 0 spiro atoms. The number of amides is 2. The van der Waals surface area contributed by atoms with Gasteiger partial charge in [-0.05, 0) is 67.4 Å². The lowest BCUT2D eigenvalue weighted by Crippen LogP contribution is -2.57.